The summed E-state index contributed by atoms with van der Waals surface area (Å²) in [5.41, 5.74) is 3.57. The van der Waals surface area contributed by atoms with E-state index in [1.54, 1.807) is 26.0 Å². The van der Waals surface area contributed by atoms with Gasteiger partial charge in [-0.25, -0.2) is 13.4 Å². The fourth-order valence-electron chi connectivity index (χ4n) is 3.07. The number of sulfone groups is 1. The van der Waals surface area contributed by atoms with Crippen molar-refractivity contribution in [2.45, 2.75) is 30.4 Å². The van der Waals surface area contributed by atoms with Crippen molar-refractivity contribution in [2.24, 2.45) is 0 Å². The molecule has 27 heavy (non-hydrogen) atoms. The van der Waals surface area contributed by atoms with Gasteiger partial charge in [-0.15, -0.1) is 11.3 Å². The SMILES string of the molecule is CC(C)S(=O)(=O)c1cccc(C(=O)Nc2nc3c(s2)Cc2ccccc2-3)c1. The second-order valence-electron chi connectivity index (χ2n) is 6.70. The van der Waals surface area contributed by atoms with Crippen molar-refractivity contribution in [3.8, 4) is 11.3 Å². The van der Waals surface area contributed by atoms with E-state index in [1.807, 2.05) is 18.2 Å². The summed E-state index contributed by atoms with van der Waals surface area (Å²) in [7, 11) is -3.43. The predicted octanol–water partition coefficient (Wildman–Crippen LogP) is 4.15. The average molecular weight is 399 g/mol. The van der Waals surface area contributed by atoms with Gasteiger partial charge in [0, 0.05) is 22.4 Å². The number of thiazole rings is 1. The highest BCUT2D eigenvalue weighted by molar-refractivity contribution is 7.92. The zero-order chi connectivity index (χ0) is 19.2. The summed E-state index contributed by atoms with van der Waals surface area (Å²) >= 11 is 1.45. The summed E-state index contributed by atoms with van der Waals surface area (Å²) in [4.78, 5) is 18.4. The molecule has 7 heteroatoms. The number of anilines is 1. The number of aromatic nitrogens is 1. The Kier molecular flexibility index (Phi) is 4.36. The Morgan fingerprint density at radius 2 is 1.93 bits per heavy atom. The first-order chi connectivity index (χ1) is 12.9. The second kappa shape index (κ2) is 6.58. The molecule has 0 aliphatic heterocycles. The maximum absolute atomic E-state index is 12.6. The largest absolute Gasteiger partial charge is 0.298 e. The number of rotatable bonds is 4. The van der Waals surface area contributed by atoms with Crippen LogP contribution in [0.4, 0.5) is 5.13 Å². The molecule has 4 rings (SSSR count). The number of hydrogen-bond donors (Lipinski definition) is 1. The van der Waals surface area contributed by atoms with Crippen molar-refractivity contribution in [2.75, 3.05) is 5.32 Å². The number of nitrogens with zero attached hydrogens (tertiary/aromatic N) is 1. The first-order valence-corrected chi connectivity index (χ1v) is 11.0. The number of carbonyl (C=O) groups excluding carboxylic acids is 1. The second-order valence-corrected chi connectivity index (χ2v) is 10.3. The van der Waals surface area contributed by atoms with Gasteiger partial charge in [0.1, 0.15) is 0 Å². The first kappa shape index (κ1) is 17.9. The van der Waals surface area contributed by atoms with E-state index in [4.69, 9.17) is 0 Å². The van der Waals surface area contributed by atoms with Crippen molar-refractivity contribution in [1.82, 2.24) is 4.98 Å². The first-order valence-electron chi connectivity index (χ1n) is 8.59. The van der Waals surface area contributed by atoms with Gasteiger partial charge in [-0.05, 0) is 37.6 Å². The van der Waals surface area contributed by atoms with Gasteiger partial charge in [-0.1, -0.05) is 30.3 Å². The highest BCUT2D eigenvalue weighted by atomic mass is 32.2. The van der Waals surface area contributed by atoms with Crippen molar-refractivity contribution in [3.63, 3.8) is 0 Å². The van der Waals surface area contributed by atoms with Crippen LogP contribution in [0.2, 0.25) is 0 Å². The van der Waals surface area contributed by atoms with Crippen molar-refractivity contribution < 1.29 is 13.2 Å². The Bertz CT molecular complexity index is 1150. The number of carbonyl (C=O) groups is 1. The fraction of sp³-hybridized carbons (Fsp3) is 0.200. The molecule has 0 radical (unpaired) electrons. The molecule has 1 aliphatic carbocycles. The molecule has 1 amide bonds. The smallest absolute Gasteiger partial charge is 0.257 e. The molecule has 1 N–H and O–H groups in total. The van der Waals surface area contributed by atoms with Gasteiger partial charge in [0.05, 0.1) is 15.8 Å². The molecular weight excluding hydrogens is 380 g/mol. The van der Waals surface area contributed by atoms with Gasteiger partial charge in [0.25, 0.3) is 5.91 Å². The van der Waals surface area contributed by atoms with Crippen LogP contribution in [0.15, 0.2) is 53.4 Å². The molecule has 3 aromatic rings. The summed E-state index contributed by atoms with van der Waals surface area (Å²) in [6, 6.07) is 14.2. The number of fused-ring (bicyclic) bond motifs is 3. The van der Waals surface area contributed by atoms with Gasteiger partial charge < -0.3 is 0 Å². The number of hydrogen-bond acceptors (Lipinski definition) is 5. The van der Waals surface area contributed by atoms with Crippen molar-refractivity contribution in [1.29, 1.82) is 0 Å². The predicted molar refractivity (Wildman–Crippen MR) is 107 cm³/mol. The fourth-order valence-corrected chi connectivity index (χ4v) is 5.17. The maximum Gasteiger partial charge on any atom is 0.257 e. The molecule has 1 aliphatic rings. The zero-order valence-electron chi connectivity index (χ0n) is 14.9. The van der Waals surface area contributed by atoms with Crippen LogP contribution in [0.25, 0.3) is 11.3 Å². The van der Waals surface area contributed by atoms with Crippen LogP contribution >= 0.6 is 11.3 Å². The third-order valence-electron chi connectivity index (χ3n) is 4.59. The standard InChI is InChI=1S/C20H18N2O3S2/c1-12(2)27(24,25)15-8-5-7-14(10-15)19(23)22-20-21-18-16-9-4-3-6-13(16)11-17(18)26-20/h3-10,12H,11H2,1-2H3,(H,21,22,23). The summed E-state index contributed by atoms with van der Waals surface area (Å²) < 4.78 is 24.7. The van der Waals surface area contributed by atoms with E-state index in [0.29, 0.717) is 10.7 Å². The molecule has 0 bridgehead atoms. The van der Waals surface area contributed by atoms with Crippen LogP contribution in [-0.4, -0.2) is 24.6 Å². The molecular formula is C20H18N2O3S2. The Hall–Kier alpha value is -2.51. The van der Waals surface area contributed by atoms with Gasteiger partial charge in [-0.2, -0.15) is 0 Å². The third-order valence-corrected chi connectivity index (χ3v) is 7.71. The van der Waals surface area contributed by atoms with Crippen LogP contribution in [0.3, 0.4) is 0 Å². The lowest BCUT2D eigenvalue weighted by Gasteiger charge is -2.09. The quantitative estimate of drug-likeness (QED) is 0.560. The normalized spacial score (nSPS) is 12.7. The minimum atomic E-state index is -3.43. The summed E-state index contributed by atoms with van der Waals surface area (Å²) in [5.74, 6) is -0.364. The molecule has 0 atom stereocenters. The van der Waals surface area contributed by atoms with Crippen molar-refractivity contribution in [3.05, 3.63) is 64.5 Å². The maximum atomic E-state index is 12.6. The highest BCUT2D eigenvalue weighted by Crippen LogP contribution is 2.40. The van der Waals surface area contributed by atoms with Crippen LogP contribution in [0.1, 0.15) is 34.6 Å². The van der Waals surface area contributed by atoms with Crippen molar-refractivity contribution >= 4 is 32.2 Å². The lowest BCUT2D eigenvalue weighted by Crippen LogP contribution is -2.16. The summed E-state index contributed by atoms with van der Waals surface area (Å²) in [6.45, 7) is 3.24. The van der Waals surface area contributed by atoms with E-state index in [0.717, 1.165) is 22.6 Å². The van der Waals surface area contributed by atoms with Gasteiger partial charge in [0.2, 0.25) is 0 Å². The molecule has 1 aromatic heterocycles. The molecule has 5 nitrogen and oxygen atoms in total. The molecule has 0 saturated heterocycles. The topological polar surface area (TPSA) is 76.1 Å². The molecule has 0 spiro atoms. The summed E-state index contributed by atoms with van der Waals surface area (Å²) in [6.07, 6.45) is 0.821. The molecule has 138 valence electrons. The molecule has 0 fully saturated rings. The minimum absolute atomic E-state index is 0.153. The number of nitrogens with one attached hydrogen (secondary N) is 1. The van der Waals surface area contributed by atoms with E-state index in [9.17, 15) is 13.2 Å². The Morgan fingerprint density at radius 3 is 2.70 bits per heavy atom. The van der Waals surface area contributed by atoms with Crippen LogP contribution in [-0.2, 0) is 16.3 Å². The Morgan fingerprint density at radius 1 is 1.15 bits per heavy atom. The highest BCUT2D eigenvalue weighted by Gasteiger charge is 2.24. The Labute approximate surface area is 162 Å². The van der Waals surface area contributed by atoms with Crippen LogP contribution in [0, 0.1) is 0 Å². The molecule has 0 unspecified atom stereocenters. The zero-order valence-corrected chi connectivity index (χ0v) is 16.5. The average Bonchev–Trinajstić information content (AvgIpc) is 3.18. The van der Waals surface area contributed by atoms with Crippen LogP contribution in [0.5, 0.6) is 0 Å². The van der Waals surface area contributed by atoms with E-state index >= 15 is 0 Å². The van der Waals surface area contributed by atoms with Gasteiger partial charge in [-0.3, -0.25) is 10.1 Å². The van der Waals surface area contributed by atoms with E-state index in [-0.39, 0.29) is 10.8 Å². The number of benzene rings is 2. The lowest BCUT2D eigenvalue weighted by molar-refractivity contribution is 0.102. The Balaban J connectivity index is 1.58. The minimum Gasteiger partial charge on any atom is -0.298 e. The number of amides is 1. The molecule has 1 heterocycles. The lowest BCUT2D eigenvalue weighted by atomic mass is 10.1. The monoisotopic (exact) mass is 398 g/mol. The van der Waals surface area contributed by atoms with Crippen LogP contribution < -0.4 is 5.32 Å². The van der Waals surface area contributed by atoms with E-state index in [1.165, 1.54) is 29.0 Å². The van der Waals surface area contributed by atoms with Gasteiger partial charge >= 0.3 is 0 Å². The summed E-state index contributed by atoms with van der Waals surface area (Å²) in [5, 5.41) is 2.78. The molecule has 2 aromatic carbocycles. The van der Waals surface area contributed by atoms with E-state index < -0.39 is 15.1 Å². The van der Waals surface area contributed by atoms with E-state index in [2.05, 4.69) is 16.4 Å². The third kappa shape index (κ3) is 3.17. The van der Waals surface area contributed by atoms with Gasteiger partial charge in [0.15, 0.2) is 15.0 Å². The molecule has 0 saturated carbocycles.